The largest absolute Gasteiger partial charge is 0.398 e. The van der Waals surface area contributed by atoms with E-state index in [1.807, 2.05) is 25.2 Å². The first-order valence-corrected chi connectivity index (χ1v) is 4.72. The predicted octanol–water partition coefficient (Wildman–Crippen LogP) is 1.60. The molecule has 0 saturated carbocycles. The van der Waals surface area contributed by atoms with Gasteiger partial charge in [0.05, 0.1) is 6.54 Å². The predicted molar refractivity (Wildman–Crippen MR) is 59.4 cm³/mol. The van der Waals surface area contributed by atoms with Crippen LogP contribution in [0.1, 0.15) is 5.56 Å². The molecule has 0 unspecified atom stereocenters. The zero-order valence-electron chi connectivity index (χ0n) is 7.39. The molecule has 0 aliphatic rings. The molecule has 1 aromatic rings. The Hall–Kier alpha value is -0.980. The first kappa shape index (κ1) is 10.1. The third-order valence-corrected chi connectivity index (χ3v) is 2.19. The summed E-state index contributed by atoms with van der Waals surface area (Å²) in [5.41, 5.74) is 7.34. The van der Waals surface area contributed by atoms with Crippen LogP contribution < -0.4 is 11.1 Å². The SMILES string of the molecule is CNCC#Cc1ccc(N)c(Br)c1. The van der Waals surface area contributed by atoms with Crippen LogP contribution in [0, 0.1) is 11.8 Å². The molecule has 2 nitrogen and oxygen atoms in total. The van der Waals surface area contributed by atoms with Crippen molar-refractivity contribution in [3.05, 3.63) is 28.2 Å². The Morgan fingerprint density at radius 1 is 1.54 bits per heavy atom. The number of benzene rings is 1. The molecular formula is C10H11BrN2. The standard InChI is InChI=1S/C10H11BrN2/c1-13-6-2-3-8-4-5-10(12)9(11)7-8/h4-5,7,13H,6,12H2,1H3. The van der Waals surface area contributed by atoms with E-state index in [0.717, 1.165) is 15.7 Å². The van der Waals surface area contributed by atoms with Crippen molar-refractivity contribution in [1.82, 2.24) is 5.32 Å². The van der Waals surface area contributed by atoms with Gasteiger partial charge in [-0.25, -0.2) is 0 Å². The second-order valence-electron chi connectivity index (χ2n) is 2.57. The zero-order chi connectivity index (χ0) is 9.68. The minimum absolute atomic E-state index is 0.696. The molecule has 0 heterocycles. The Morgan fingerprint density at radius 2 is 2.31 bits per heavy atom. The molecule has 3 heteroatoms. The summed E-state index contributed by atoms with van der Waals surface area (Å²) in [6.07, 6.45) is 0. The molecule has 0 amide bonds. The van der Waals surface area contributed by atoms with Crippen LogP contribution in [-0.4, -0.2) is 13.6 Å². The third kappa shape index (κ3) is 3.10. The van der Waals surface area contributed by atoms with Gasteiger partial charge in [-0.3, -0.25) is 0 Å². The van der Waals surface area contributed by atoms with E-state index >= 15 is 0 Å². The van der Waals surface area contributed by atoms with Crippen LogP contribution >= 0.6 is 15.9 Å². The molecule has 0 atom stereocenters. The van der Waals surface area contributed by atoms with E-state index < -0.39 is 0 Å². The van der Waals surface area contributed by atoms with Crippen LogP contribution in [0.15, 0.2) is 22.7 Å². The number of nitrogen functional groups attached to an aromatic ring is 1. The van der Waals surface area contributed by atoms with Gasteiger partial charge in [-0.1, -0.05) is 11.8 Å². The summed E-state index contributed by atoms with van der Waals surface area (Å²) >= 11 is 3.35. The van der Waals surface area contributed by atoms with Crippen LogP contribution in [0.4, 0.5) is 5.69 Å². The molecule has 1 aromatic carbocycles. The highest BCUT2D eigenvalue weighted by Crippen LogP contribution is 2.19. The van der Waals surface area contributed by atoms with E-state index in [0.29, 0.717) is 6.54 Å². The van der Waals surface area contributed by atoms with Crippen molar-refractivity contribution >= 4 is 21.6 Å². The van der Waals surface area contributed by atoms with Gasteiger partial charge in [0.25, 0.3) is 0 Å². The van der Waals surface area contributed by atoms with Gasteiger partial charge >= 0.3 is 0 Å². The first-order chi connectivity index (χ1) is 6.24. The van der Waals surface area contributed by atoms with Crippen molar-refractivity contribution in [2.45, 2.75) is 0 Å². The number of hydrogen-bond donors (Lipinski definition) is 2. The van der Waals surface area contributed by atoms with E-state index in [4.69, 9.17) is 5.73 Å². The zero-order valence-corrected chi connectivity index (χ0v) is 8.98. The molecular weight excluding hydrogens is 228 g/mol. The molecule has 0 aliphatic carbocycles. The lowest BCUT2D eigenvalue weighted by atomic mass is 10.2. The molecule has 0 spiro atoms. The van der Waals surface area contributed by atoms with Gasteiger partial charge in [-0.2, -0.15) is 0 Å². The highest BCUT2D eigenvalue weighted by atomic mass is 79.9. The molecule has 0 saturated heterocycles. The van der Waals surface area contributed by atoms with Crippen molar-refractivity contribution in [3.63, 3.8) is 0 Å². The maximum Gasteiger partial charge on any atom is 0.0577 e. The summed E-state index contributed by atoms with van der Waals surface area (Å²) in [4.78, 5) is 0. The molecule has 3 N–H and O–H groups in total. The van der Waals surface area contributed by atoms with Crippen molar-refractivity contribution in [3.8, 4) is 11.8 Å². The van der Waals surface area contributed by atoms with Gasteiger partial charge < -0.3 is 11.1 Å². The number of rotatable bonds is 1. The lowest BCUT2D eigenvalue weighted by molar-refractivity contribution is 0.938. The van der Waals surface area contributed by atoms with E-state index in [2.05, 4.69) is 33.1 Å². The highest BCUT2D eigenvalue weighted by molar-refractivity contribution is 9.10. The topological polar surface area (TPSA) is 38.0 Å². The Kier molecular flexibility index (Phi) is 3.81. The molecule has 0 aliphatic heterocycles. The normalized spacial score (nSPS) is 9.08. The molecule has 0 bridgehead atoms. The summed E-state index contributed by atoms with van der Waals surface area (Å²) in [6.45, 7) is 0.696. The maximum atomic E-state index is 5.64. The monoisotopic (exact) mass is 238 g/mol. The number of nitrogens with two attached hydrogens (primary N) is 1. The van der Waals surface area contributed by atoms with Crippen LogP contribution in [-0.2, 0) is 0 Å². The molecule has 1 rings (SSSR count). The van der Waals surface area contributed by atoms with E-state index in [1.165, 1.54) is 0 Å². The number of nitrogens with one attached hydrogen (secondary N) is 1. The number of hydrogen-bond acceptors (Lipinski definition) is 2. The maximum absolute atomic E-state index is 5.64. The Bertz CT molecular complexity index is 350. The molecule has 68 valence electrons. The first-order valence-electron chi connectivity index (χ1n) is 3.92. The fraction of sp³-hybridized carbons (Fsp3) is 0.200. The second kappa shape index (κ2) is 4.90. The van der Waals surface area contributed by atoms with Gasteiger partial charge in [0.2, 0.25) is 0 Å². The fourth-order valence-corrected chi connectivity index (χ4v) is 1.22. The van der Waals surface area contributed by atoms with Crippen LogP contribution in [0.25, 0.3) is 0 Å². The minimum Gasteiger partial charge on any atom is -0.398 e. The van der Waals surface area contributed by atoms with E-state index in [-0.39, 0.29) is 0 Å². The number of halogens is 1. The summed E-state index contributed by atoms with van der Waals surface area (Å²) < 4.78 is 0.892. The summed E-state index contributed by atoms with van der Waals surface area (Å²) in [6, 6.07) is 5.66. The van der Waals surface area contributed by atoms with Crippen LogP contribution in [0.5, 0.6) is 0 Å². The molecule has 13 heavy (non-hydrogen) atoms. The van der Waals surface area contributed by atoms with E-state index in [1.54, 1.807) is 0 Å². The Morgan fingerprint density at radius 3 is 2.92 bits per heavy atom. The fourth-order valence-electron chi connectivity index (χ4n) is 0.840. The third-order valence-electron chi connectivity index (χ3n) is 1.50. The molecule has 0 fully saturated rings. The quantitative estimate of drug-likeness (QED) is 0.577. The lowest BCUT2D eigenvalue weighted by Gasteiger charge is -1.97. The van der Waals surface area contributed by atoms with Crippen molar-refractivity contribution in [1.29, 1.82) is 0 Å². The van der Waals surface area contributed by atoms with Gasteiger partial charge in [0.1, 0.15) is 0 Å². The van der Waals surface area contributed by atoms with Crippen molar-refractivity contribution in [2.75, 3.05) is 19.3 Å². The van der Waals surface area contributed by atoms with Crippen LogP contribution in [0.2, 0.25) is 0 Å². The Labute approximate surface area is 86.6 Å². The lowest BCUT2D eigenvalue weighted by Crippen LogP contribution is -2.04. The van der Waals surface area contributed by atoms with Gasteiger partial charge in [0.15, 0.2) is 0 Å². The molecule has 0 aromatic heterocycles. The van der Waals surface area contributed by atoms with E-state index in [9.17, 15) is 0 Å². The average molecular weight is 239 g/mol. The smallest absolute Gasteiger partial charge is 0.0577 e. The summed E-state index contributed by atoms with van der Waals surface area (Å²) in [7, 11) is 1.87. The summed E-state index contributed by atoms with van der Waals surface area (Å²) in [5, 5.41) is 2.95. The molecule has 0 radical (unpaired) electrons. The van der Waals surface area contributed by atoms with Gasteiger partial charge in [0, 0.05) is 15.7 Å². The second-order valence-corrected chi connectivity index (χ2v) is 3.42. The van der Waals surface area contributed by atoms with Crippen LogP contribution in [0.3, 0.4) is 0 Å². The highest BCUT2D eigenvalue weighted by Gasteiger charge is 1.94. The van der Waals surface area contributed by atoms with Gasteiger partial charge in [-0.05, 0) is 41.2 Å². The summed E-state index contributed by atoms with van der Waals surface area (Å²) in [5.74, 6) is 5.99. The average Bonchev–Trinajstić information content (AvgIpc) is 2.12. The van der Waals surface area contributed by atoms with Crippen molar-refractivity contribution < 1.29 is 0 Å². The van der Waals surface area contributed by atoms with Crippen molar-refractivity contribution in [2.24, 2.45) is 0 Å². The number of anilines is 1. The minimum atomic E-state index is 0.696. The Balaban J connectivity index is 2.81. The van der Waals surface area contributed by atoms with Gasteiger partial charge in [-0.15, -0.1) is 0 Å².